The van der Waals surface area contributed by atoms with Crippen LogP contribution in [-0.2, 0) is 7.05 Å². The number of ether oxygens (including phenoxy) is 1. The Hall–Kier alpha value is -2.17. The molecular formula is C24H26NOSSi+. The lowest BCUT2D eigenvalue weighted by molar-refractivity contribution is -0.633. The van der Waals surface area contributed by atoms with Gasteiger partial charge in [-0.05, 0) is 54.3 Å². The zero-order valence-corrected chi connectivity index (χ0v) is 19.5. The van der Waals surface area contributed by atoms with Crippen molar-refractivity contribution in [3.8, 4) is 22.8 Å². The van der Waals surface area contributed by atoms with Crippen LogP contribution in [0.1, 0.15) is 16.7 Å². The number of hydrogen-bond donors (Lipinski definition) is 0. The van der Waals surface area contributed by atoms with Gasteiger partial charge in [-0.3, -0.25) is 0 Å². The molecule has 0 N–H and O–H groups in total. The van der Waals surface area contributed by atoms with Crippen LogP contribution in [0.5, 0.6) is 11.5 Å². The van der Waals surface area contributed by atoms with Crippen LogP contribution in [0.2, 0.25) is 19.6 Å². The minimum atomic E-state index is -1.64. The Labute approximate surface area is 171 Å². The van der Waals surface area contributed by atoms with Crippen molar-refractivity contribution in [1.29, 1.82) is 0 Å². The van der Waals surface area contributed by atoms with E-state index in [1.54, 1.807) is 0 Å². The highest BCUT2D eigenvalue weighted by molar-refractivity contribution is 7.19. The molecule has 0 atom stereocenters. The van der Waals surface area contributed by atoms with E-state index in [9.17, 15) is 0 Å². The second kappa shape index (κ2) is 5.68. The smallest absolute Gasteiger partial charge is 0.256 e. The van der Waals surface area contributed by atoms with E-state index in [-0.39, 0.29) is 0 Å². The van der Waals surface area contributed by atoms with Gasteiger partial charge in [0.2, 0.25) is 5.52 Å². The van der Waals surface area contributed by atoms with E-state index in [0.29, 0.717) is 0 Å². The number of benzene rings is 2. The minimum absolute atomic E-state index is 1.01. The molecule has 2 aromatic carbocycles. The first-order chi connectivity index (χ1) is 13.2. The first-order valence-electron chi connectivity index (χ1n) is 9.85. The van der Waals surface area contributed by atoms with Crippen molar-refractivity contribution in [1.82, 2.24) is 0 Å². The molecule has 0 fully saturated rings. The van der Waals surface area contributed by atoms with Crippen LogP contribution in [0, 0.1) is 20.8 Å². The van der Waals surface area contributed by atoms with Gasteiger partial charge >= 0.3 is 0 Å². The molecule has 28 heavy (non-hydrogen) atoms. The number of pyridine rings is 1. The van der Waals surface area contributed by atoms with Crippen molar-refractivity contribution < 1.29 is 9.30 Å². The summed E-state index contributed by atoms with van der Waals surface area (Å²) in [6, 6.07) is 9.06. The van der Waals surface area contributed by atoms with Crippen molar-refractivity contribution in [2.45, 2.75) is 40.4 Å². The lowest BCUT2D eigenvalue weighted by atomic mass is 9.90. The van der Waals surface area contributed by atoms with E-state index >= 15 is 0 Å². The molecule has 0 amide bonds. The third-order valence-corrected chi connectivity index (χ3v) is 9.15. The molecule has 2 aromatic heterocycles. The van der Waals surface area contributed by atoms with Gasteiger partial charge in [0.25, 0.3) is 5.69 Å². The molecule has 4 heteroatoms. The molecule has 0 radical (unpaired) electrons. The zero-order chi connectivity index (χ0) is 20.0. The van der Waals surface area contributed by atoms with E-state index in [4.69, 9.17) is 4.74 Å². The maximum absolute atomic E-state index is 6.76. The summed E-state index contributed by atoms with van der Waals surface area (Å²) in [7, 11) is 0.552. The summed E-state index contributed by atoms with van der Waals surface area (Å²) < 4.78 is 10.5. The number of hydrogen-bond acceptors (Lipinski definition) is 2. The number of nitrogens with zero attached hydrogens (tertiary/aromatic N) is 1. The minimum Gasteiger partial charge on any atom is -0.450 e. The molecule has 142 valence electrons. The lowest BCUT2D eigenvalue weighted by Gasteiger charge is -2.28. The molecule has 0 saturated heterocycles. The third-order valence-electron chi connectivity index (χ3n) is 6.07. The number of rotatable bonds is 1. The second-order valence-electron chi connectivity index (χ2n) is 9.15. The molecule has 3 heterocycles. The highest BCUT2D eigenvalue weighted by Crippen LogP contribution is 2.48. The van der Waals surface area contributed by atoms with Crippen LogP contribution in [-0.4, -0.2) is 8.07 Å². The molecule has 0 bridgehead atoms. The highest BCUT2D eigenvalue weighted by Gasteiger charge is 2.38. The van der Waals surface area contributed by atoms with Gasteiger partial charge in [-0.15, -0.1) is 11.3 Å². The van der Waals surface area contributed by atoms with Crippen molar-refractivity contribution in [3.63, 3.8) is 0 Å². The third kappa shape index (κ3) is 2.28. The first-order valence-corrected chi connectivity index (χ1v) is 14.2. The van der Waals surface area contributed by atoms with Crippen LogP contribution in [0.15, 0.2) is 29.6 Å². The Morgan fingerprint density at radius 2 is 1.79 bits per heavy atom. The lowest BCUT2D eigenvalue weighted by Crippen LogP contribution is -2.44. The topological polar surface area (TPSA) is 13.1 Å². The molecule has 5 rings (SSSR count). The van der Waals surface area contributed by atoms with Gasteiger partial charge in [-0.2, -0.15) is 4.57 Å². The van der Waals surface area contributed by atoms with Gasteiger partial charge in [0.05, 0.1) is 13.6 Å². The van der Waals surface area contributed by atoms with Crippen molar-refractivity contribution >= 4 is 45.6 Å². The predicted octanol–water partition coefficient (Wildman–Crippen LogP) is 6.12. The summed E-state index contributed by atoms with van der Waals surface area (Å²) in [5.74, 6) is 2.10. The highest BCUT2D eigenvalue weighted by atomic mass is 32.1. The van der Waals surface area contributed by atoms with E-state index in [1.165, 1.54) is 54.1 Å². The van der Waals surface area contributed by atoms with E-state index in [1.807, 2.05) is 11.3 Å². The number of thiophene rings is 1. The Morgan fingerprint density at radius 1 is 1.04 bits per heavy atom. The molecule has 4 aromatic rings. The number of aryl methyl sites for hydroxylation is 3. The zero-order valence-electron chi connectivity index (χ0n) is 17.7. The van der Waals surface area contributed by atoms with Crippen LogP contribution in [0.3, 0.4) is 0 Å². The summed E-state index contributed by atoms with van der Waals surface area (Å²) in [5.41, 5.74) is 7.85. The fourth-order valence-electron chi connectivity index (χ4n) is 4.68. The monoisotopic (exact) mass is 404 g/mol. The summed E-state index contributed by atoms with van der Waals surface area (Å²) in [4.78, 5) is 0. The molecular weight excluding hydrogens is 378 g/mol. The molecule has 1 aliphatic heterocycles. The average molecular weight is 405 g/mol. The maximum Gasteiger partial charge on any atom is 0.256 e. The van der Waals surface area contributed by atoms with Gasteiger partial charge in [0, 0.05) is 16.6 Å². The van der Waals surface area contributed by atoms with Crippen molar-refractivity contribution in [2.24, 2.45) is 7.05 Å². The van der Waals surface area contributed by atoms with Gasteiger partial charge in [0.15, 0.2) is 5.75 Å². The summed E-state index contributed by atoms with van der Waals surface area (Å²) >= 11 is 1.85. The average Bonchev–Trinajstić information content (AvgIpc) is 3.06. The van der Waals surface area contributed by atoms with Gasteiger partial charge < -0.3 is 4.74 Å². The quantitative estimate of drug-likeness (QED) is 0.242. The van der Waals surface area contributed by atoms with Gasteiger partial charge in [0.1, 0.15) is 17.5 Å². The van der Waals surface area contributed by atoms with Crippen LogP contribution in [0.4, 0.5) is 0 Å². The summed E-state index contributed by atoms with van der Waals surface area (Å²) in [6.07, 6.45) is 0. The number of fused-ring (bicyclic) bond motifs is 3. The fraction of sp³-hybridized carbons (Fsp3) is 0.292. The van der Waals surface area contributed by atoms with Crippen molar-refractivity contribution in [2.75, 3.05) is 0 Å². The molecule has 0 spiro atoms. The second-order valence-corrected chi connectivity index (χ2v) is 15.1. The fourth-order valence-corrected chi connectivity index (χ4v) is 8.31. The Kier molecular flexibility index (Phi) is 3.63. The standard InChI is InChI=1S/C24H26NOSSi/c1-13-10-16-12-14(2)15(3)19-20(16)18(11-13)26-22-21(19)25(4)17-8-9-27-23(17)24(22)28(5,6)7/h8-12H,1-7H3/q+1. The largest absolute Gasteiger partial charge is 0.450 e. The van der Waals surface area contributed by atoms with Gasteiger partial charge in [-0.25, -0.2) is 0 Å². The molecule has 0 saturated carbocycles. The van der Waals surface area contributed by atoms with E-state index in [0.717, 1.165) is 11.5 Å². The molecule has 0 unspecified atom stereocenters. The Morgan fingerprint density at radius 3 is 2.50 bits per heavy atom. The SMILES string of the molecule is Cc1cc2c3c(c(C)c(C)cc3c1)-c1c(c([Si](C)(C)C)c3sccc3[n+]1C)O2. The Bertz CT molecular complexity index is 1310. The summed E-state index contributed by atoms with van der Waals surface area (Å²) in [5, 5.41) is 6.20. The van der Waals surface area contributed by atoms with Gasteiger partial charge in [-0.1, -0.05) is 31.8 Å². The van der Waals surface area contributed by atoms with E-state index in [2.05, 4.69) is 81.7 Å². The molecule has 0 aliphatic carbocycles. The molecule has 1 aliphatic rings. The van der Waals surface area contributed by atoms with E-state index < -0.39 is 8.07 Å². The summed E-state index contributed by atoms with van der Waals surface area (Å²) in [6.45, 7) is 13.9. The maximum atomic E-state index is 6.76. The Balaban J connectivity index is 2.07. The normalized spacial score (nSPS) is 13.1. The van der Waals surface area contributed by atoms with Crippen LogP contribution in [0.25, 0.3) is 32.2 Å². The molecule has 2 nitrogen and oxygen atoms in total. The number of aromatic nitrogens is 1. The van der Waals surface area contributed by atoms with Crippen molar-refractivity contribution in [3.05, 3.63) is 46.3 Å². The van der Waals surface area contributed by atoms with Crippen LogP contribution >= 0.6 is 11.3 Å². The first kappa shape index (κ1) is 17.9. The van der Waals surface area contributed by atoms with Crippen LogP contribution < -0.4 is 14.5 Å². The predicted molar refractivity (Wildman–Crippen MR) is 123 cm³/mol.